The Balaban J connectivity index is 2.02. The quantitative estimate of drug-likeness (QED) is 0.916. The number of nitrogens with zero attached hydrogens (tertiary/aromatic N) is 3. The van der Waals surface area contributed by atoms with E-state index in [0.717, 1.165) is 42.4 Å². The van der Waals surface area contributed by atoms with Crippen molar-refractivity contribution in [1.29, 1.82) is 0 Å². The maximum Gasteiger partial charge on any atom is 0.134 e. The van der Waals surface area contributed by atoms with E-state index in [1.54, 1.807) is 6.33 Å². The Labute approximate surface area is 109 Å². The van der Waals surface area contributed by atoms with Gasteiger partial charge in [0.1, 0.15) is 18.0 Å². The first-order valence-corrected chi connectivity index (χ1v) is 6.27. The molecular formula is C11H15BrN4O. The van der Waals surface area contributed by atoms with Crippen LogP contribution in [0.3, 0.4) is 0 Å². The Hall–Kier alpha value is -1.14. The minimum Gasteiger partial charge on any atom is -0.378 e. The second-order valence-corrected chi connectivity index (χ2v) is 4.85. The number of morpholine rings is 1. The molecular weight excluding hydrogens is 284 g/mol. The molecule has 5 nitrogen and oxygen atoms in total. The zero-order chi connectivity index (χ0) is 12.1. The largest absolute Gasteiger partial charge is 0.378 e. The summed E-state index contributed by atoms with van der Waals surface area (Å²) in [5.41, 5.74) is 0. The fraction of sp³-hybridized carbons (Fsp3) is 0.455. The third-order valence-electron chi connectivity index (χ3n) is 2.45. The van der Waals surface area contributed by atoms with Crippen LogP contribution in [0.2, 0.25) is 0 Å². The molecule has 1 aliphatic rings. The van der Waals surface area contributed by atoms with Crippen molar-refractivity contribution in [2.75, 3.05) is 43.1 Å². The molecule has 1 N–H and O–H groups in total. The molecule has 0 aliphatic carbocycles. The number of nitrogens with one attached hydrogen (secondary N) is 1. The van der Waals surface area contributed by atoms with Crippen LogP contribution < -0.4 is 10.2 Å². The second kappa shape index (κ2) is 5.97. The normalized spacial score (nSPS) is 15.7. The summed E-state index contributed by atoms with van der Waals surface area (Å²) in [5, 5.41) is 3.17. The third kappa shape index (κ3) is 3.67. The topological polar surface area (TPSA) is 50.3 Å². The maximum atomic E-state index is 5.31. The molecule has 1 fully saturated rings. The van der Waals surface area contributed by atoms with E-state index >= 15 is 0 Å². The van der Waals surface area contributed by atoms with Crippen LogP contribution in [-0.4, -0.2) is 42.8 Å². The average molecular weight is 299 g/mol. The predicted molar refractivity (Wildman–Crippen MR) is 71.6 cm³/mol. The van der Waals surface area contributed by atoms with Crippen LogP contribution in [0.4, 0.5) is 11.6 Å². The fourth-order valence-electron chi connectivity index (χ4n) is 1.60. The molecule has 1 aromatic heterocycles. The summed E-state index contributed by atoms with van der Waals surface area (Å²) in [5.74, 6) is 1.74. The van der Waals surface area contributed by atoms with Gasteiger partial charge in [-0.05, 0) is 0 Å². The molecule has 1 saturated heterocycles. The lowest BCUT2D eigenvalue weighted by atomic mass is 10.4. The Kier molecular flexibility index (Phi) is 4.33. The number of ether oxygens (including phenoxy) is 1. The molecule has 1 aliphatic heterocycles. The van der Waals surface area contributed by atoms with Crippen LogP contribution >= 0.6 is 15.9 Å². The van der Waals surface area contributed by atoms with E-state index in [-0.39, 0.29) is 0 Å². The molecule has 0 radical (unpaired) electrons. The van der Waals surface area contributed by atoms with Crippen LogP contribution in [0.25, 0.3) is 0 Å². The summed E-state index contributed by atoms with van der Waals surface area (Å²) >= 11 is 3.30. The lowest BCUT2D eigenvalue weighted by Crippen LogP contribution is -2.36. The van der Waals surface area contributed by atoms with Gasteiger partial charge in [-0.1, -0.05) is 22.5 Å². The number of aromatic nitrogens is 2. The van der Waals surface area contributed by atoms with Crippen molar-refractivity contribution in [1.82, 2.24) is 9.97 Å². The van der Waals surface area contributed by atoms with Gasteiger partial charge in [0, 0.05) is 30.2 Å². The molecule has 17 heavy (non-hydrogen) atoms. The predicted octanol–water partition coefficient (Wildman–Crippen LogP) is 1.63. The first kappa shape index (κ1) is 12.3. The summed E-state index contributed by atoms with van der Waals surface area (Å²) < 4.78 is 6.20. The van der Waals surface area contributed by atoms with Gasteiger partial charge in [0.25, 0.3) is 0 Å². The van der Waals surface area contributed by atoms with E-state index in [9.17, 15) is 0 Å². The van der Waals surface area contributed by atoms with Gasteiger partial charge in [-0.15, -0.1) is 0 Å². The highest BCUT2D eigenvalue weighted by atomic mass is 79.9. The smallest absolute Gasteiger partial charge is 0.134 e. The molecule has 1 aromatic rings. The van der Waals surface area contributed by atoms with Gasteiger partial charge in [-0.25, -0.2) is 9.97 Å². The van der Waals surface area contributed by atoms with Gasteiger partial charge in [-0.3, -0.25) is 0 Å². The molecule has 0 aromatic carbocycles. The van der Waals surface area contributed by atoms with Gasteiger partial charge in [-0.2, -0.15) is 0 Å². The van der Waals surface area contributed by atoms with Gasteiger partial charge < -0.3 is 15.0 Å². The standard InChI is InChI=1S/C11H15BrN4O/c1-9(12)7-13-10-6-11(15-8-14-10)16-2-4-17-5-3-16/h6,8H,1-5,7H2,(H,13,14,15). The van der Waals surface area contributed by atoms with Crippen LogP contribution in [0.1, 0.15) is 0 Å². The molecule has 2 heterocycles. The molecule has 2 rings (SSSR count). The molecule has 0 spiro atoms. The maximum absolute atomic E-state index is 5.31. The van der Waals surface area contributed by atoms with Gasteiger partial charge in [0.05, 0.1) is 13.2 Å². The lowest BCUT2D eigenvalue weighted by molar-refractivity contribution is 0.122. The second-order valence-electron chi connectivity index (χ2n) is 3.73. The number of rotatable bonds is 4. The van der Waals surface area contributed by atoms with Crippen molar-refractivity contribution >= 4 is 27.6 Å². The third-order valence-corrected chi connectivity index (χ3v) is 2.73. The summed E-state index contributed by atoms with van der Waals surface area (Å²) in [7, 11) is 0. The van der Waals surface area contributed by atoms with E-state index in [0.29, 0.717) is 6.54 Å². The Morgan fingerprint density at radius 2 is 2.24 bits per heavy atom. The minimum absolute atomic E-state index is 0.652. The average Bonchev–Trinajstić information content (AvgIpc) is 2.38. The first-order chi connectivity index (χ1) is 8.25. The highest BCUT2D eigenvalue weighted by Crippen LogP contribution is 2.15. The molecule has 0 atom stereocenters. The van der Waals surface area contributed by atoms with Crippen LogP contribution in [0.15, 0.2) is 23.5 Å². The number of hydrogen-bond donors (Lipinski definition) is 1. The van der Waals surface area contributed by atoms with E-state index < -0.39 is 0 Å². The Morgan fingerprint density at radius 3 is 2.94 bits per heavy atom. The highest BCUT2D eigenvalue weighted by Gasteiger charge is 2.12. The molecule has 0 unspecified atom stereocenters. The van der Waals surface area contributed by atoms with E-state index in [1.807, 2.05) is 6.07 Å². The van der Waals surface area contributed by atoms with E-state index in [2.05, 4.69) is 42.7 Å². The van der Waals surface area contributed by atoms with Crippen molar-refractivity contribution in [2.45, 2.75) is 0 Å². The zero-order valence-electron chi connectivity index (χ0n) is 9.53. The summed E-state index contributed by atoms with van der Waals surface area (Å²) in [6.45, 7) is 7.68. The molecule has 0 amide bonds. The minimum atomic E-state index is 0.652. The lowest BCUT2D eigenvalue weighted by Gasteiger charge is -2.27. The van der Waals surface area contributed by atoms with Crippen LogP contribution in [-0.2, 0) is 4.74 Å². The summed E-state index contributed by atoms with van der Waals surface area (Å²) in [6.07, 6.45) is 1.57. The van der Waals surface area contributed by atoms with Crippen LogP contribution in [0, 0.1) is 0 Å². The van der Waals surface area contributed by atoms with E-state index in [4.69, 9.17) is 4.74 Å². The summed E-state index contributed by atoms with van der Waals surface area (Å²) in [6, 6.07) is 1.95. The molecule has 0 bridgehead atoms. The summed E-state index contributed by atoms with van der Waals surface area (Å²) in [4.78, 5) is 10.6. The number of hydrogen-bond acceptors (Lipinski definition) is 5. The van der Waals surface area contributed by atoms with Crippen LogP contribution in [0.5, 0.6) is 0 Å². The van der Waals surface area contributed by atoms with Gasteiger partial charge in [0.15, 0.2) is 0 Å². The number of halogens is 1. The van der Waals surface area contributed by atoms with E-state index in [1.165, 1.54) is 0 Å². The molecule has 6 heteroatoms. The van der Waals surface area contributed by atoms with Gasteiger partial charge >= 0.3 is 0 Å². The van der Waals surface area contributed by atoms with Gasteiger partial charge in [0.2, 0.25) is 0 Å². The zero-order valence-corrected chi connectivity index (χ0v) is 11.1. The van der Waals surface area contributed by atoms with Crippen molar-refractivity contribution in [2.24, 2.45) is 0 Å². The van der Waals surface area contributed by atoms with Crippen molar-refractivity contribution in [3.05, 3.63) is 23.5 Å². The Morgan fingerprint density at radius 1 is 1.47 bits per heavy atom. The first-order valence-electron chi connectivity index (χ1n) is 5.47. The van der Waals surface area contributed by atoms with Crippen molar-refractivity contribution in [3.8, 4) is 0 Å². The number of anilines is 2. The Bertz CT molecular complexity index is 393. The van der Waals surface area contributed by atoms with Crippen molar-refractivity contribution in [3.63, 3.8) is 0 Å². The monoisotopic (exact) mass is 298 g/mol. The fourth-order valence-corrected chi connectivity index (χ4v) is 1.74. The highest BCUT2D eigenvalue weighted by molar-refractivity contribution is 9.11. The van der Waals surface area contributed by atoms with Crippen molar-refractivity contribution < 1.29 is 4.74 Å². The SMILES string of the molecule is C=C(Br)CNc1cc(N2CCOCC2)ncn1. The molecule has 0 saturated carbocycles. The molecule has 92 valence electrons.